The Kier molecular flexibility index (Phi) is 2.60. The molecule has 1 fully saturated rings. The molecule has 0 radical (unpaired) electrons. The van der Waals surface area contributed by atoms with Crippen molar-refractivity contribution in [2.24, 2.45) is 0 Å². The lowest BCUT2D eigenvalue weighted by molar-refractivity contribution is 0.257. The zero-order valence-corrected chi connectivity index (χ0v) is 10.2. The summed E-state index contributed by atoms with van der Waals surface area (Å²) in [6.45, 7) is 1.01. The first-order valence-corrected chi connectivity index (χ1v) is 7.57. The second-order valence-corrected chi connectivity index (χ2v) is 6.88. The third kappa shape index (κ3) is 1.83. The van der Waals surface area contributed by atoms with Crippen molar-refractivity contribution in [1.82, 2.24) is 5.32 Å². The van der Waals surface area contributed by atoms with Gasteiger partial charge in [0.2, 0.25) is 0 Å². The van der Waals surface area contributed by atoms with Crippen LogP contribution in [0.3, 0.4) is 0 Å². The van der Waals surface area contributed by atoms with Gasteiger partial charge in [-0.1, -0.05) is 18.2 Å². The van der Waals surface area contributed by atoms with Gasteiger partial charge in [-0.05, 0) is 19.0 Å². The largest absolute Gasteiger partial charge is 0.492 e. The highest BCUT2D eigenvalue weighted by molar-refractivity contribution is 7.92. The molecule has 2 atom stereocenters. The van der Waals surface area contributed by atoms with Crippen molar-refractivity contribution >= 4 is 9.84 Å². The molecule has 2 heterocycles. The normalized spacial score (nSPS) is 30.6. The molecule has 5 heteroatoms. The number of fused-ring (bicyclic) bond motifs is 3. The Hall–Kier alpha value is -1.07. The van der Waals surface area contributed by atoms with Crippen molar-refractivity contribution in [2.75, 3.05) is 18.9 Å². The van der Waals surface area contributed by atoms with Crippen molar-refractivity contribution in [3.8, 4) is 5.75 Å². The lowest BCUT2D eigenvalue weighted by Gasteiger charge is -2.32. The SMILES string of the molecule is O=S1(=O)CCCNC2c3ccccc3OCC21. The van der Waals surface area contributed by atoms with Crippen LogP contribution in [-0.4, -0.2) is 32.6 Å². The van der Waals surface area contributed by atoms with E-state index in [0.29, 0.717) is 6.42 Å². The minimum absolute atomic E-state index is 0.118. The van der Waals surface area contributed by atoms with Gasteiger partial charge in [0.1, 0.15) is 17.6 Å². The lowest BCUT2D eigenvalue weighted by atomic mass is 10.0. The van der Waals surface area contributed by atoms with E-state index in [1.165, 1.54) is 0 Å². The van der Waals surface area contributed by atoms with Gasteiger partial charge < -0.3 is 10.1 Å². The van der Waals surface area contributed by atoms with Gasteiger partial charge in [0.05, 0.1) is 11.8 Å². The van der Waals surface area contributed by atoms with Gasteiger partial charge in [-0.3, -0.25) is 0 Å². The van der Waals surface area contributed by atoms with E-state index < -0.39 is 15.1 Å². The smallest absolute Gasteiger partial charge is 0.158 e. The van der Waals surface area contributed by atoms with E-state index in [9.17, 15) is 8.42 Å². The summed E-state index contributed by atoms with van der Waals surface area (Å²) in [6, 6.07) is 7.55. The fourth-order valence-corrected chi connectivity index (χ4v) is 4.35. The van der Waals surface area contributed by atoms with Crippen molar-refractivity contribution in [2.45, 2.75) is 17.7 Å². The molecule has 0 bridgehead atoms. The Morgan fingerprint density at radius 1 is 1.29 bits per heavy atom. The van der Waals surface area contributed by atoms with E-state index in [4.69, 9.17) is 4.74 Å². The van der Waals surface area contributed by atoms with Gasteiger partial charge in [-0.25, -0.2) is 8.42 Å². The Labute approximate surface area is 101 Å². The molecule has 17 heavy (non-hydrogen) atoms. The molecule has 92 valence electrons. The first-order chi connectivity index (χ1) is 8.18. The molecule has 1 saturated heterocycles. The quantitative estimate of drug-likeness (QED) is 0.746. The summed E-state index contributed by atoms with van der Waals surface area (Å²) in [5.74, 6) is 1.06. The van der Waals surface area contributed by atoms with Crippen LogP contribution in [0.4, 0.5) is 0 Å². The molecule has 4 nitrogen and oxygen atoms in total. The second-order valence-electron chi connectivity index (χ2n) is 4.54. The maximum atomic E-state index is 12.1. The predicted molar refractivity (Wildman–Crippen MR) is 64.9 cm³/mol. The summed E-state index contributed by atoms with van der Waals surface area (Å²) in [4.78, 5) is 0. The molecule has 1 aromatic carbocycles. The fraction of sp³-hybridized carbons (Fsp3) is 0.500. The summed E-state index contributed by atoms with van der Waals surface area (Å²) in [7, 11) is -3.05. The van der Waals surface area contributed by atoms with Crippen molar-refractivity contribution in [3.05, 3.63) is 29.8 Å². The molecule has 2 aliphatic heterocycles. The molecule has 0 aliphatic carbocycles. The average Bonchev–Trinajstić information content (AvgIpc) is 2.48. The molecule has 1 N–H and O–H groups in total. The van der Waals surface area contributed by atoms with Crippen molar-refractivity contribution in [3.63, 3.8) is 0 Å². The highest BCUT2D eigenvalue weighted by atomic mass is 32.2. The van der Waals surface area contributed by atoms with E-state index in [0.717, 1.165) is 17.9 Å². The fourth-order valence-electron chi connectivity index (χ4n) is 2.57. The van der Waals surface area contributed by atoms with Gasteiger partial charge in [0, 0.05) is 5.56 Å². The molecule has 2 aliphatic rings. The summed E-state index contributed by atoms with van der Waals surface area (Å²) in [5, 5.41) is 2.89. The summed E-state index contributed by atoms with van der Waals surface area (Å²) in [5.41, 5.74) is 0.967. The van der Waals surface area contributed by atoms with Gasteiger partial charge in [0.25, 0.3) is 0 Å². The molecular weight excluding hydrogens is 238 g/mol. The van der Waals surface area contributed by atoms with Crippen LogP contribution in [0.15, 0.2) is 24.3 Å². The zero-order valence-electron chi connectivity index (χ0n) is 9.43. The van der Waals surface area contributed by atoms with Gasteiger partial charge >= 0.3 is 0 Å². The van der Waals surface area contributed by atoms with E-state index >= 15 is 0 Å². The molecular formula is C12H15NO3S. The van der Waals surface area contributed by atoms with Crippen LogP contribution in [0, 0.1) is 0 Å². The minimum atomic E-state index is -3.05. The van der Waals surface area contributed by atoms with Crippen LogP contribution in [0.1, 0.15) is 18.0 Å². The van der Waals surface area contributed by atoms with Gasteiger partial charge in [0.15, 0.2) is 9.84 Å². The van der Waals surface area contributed by atoms with Crippen LogP contribution >= 0.6 is 0 Å². The van der Waals surface area contributed by atoms with Crippen LogP contribution in [0.5, 0.6) is 5.75 Å². The molecule has 0 spiro atoms. The van der Waals surface area contributed by atoms with Crippen LogP contribution < -0.4 is 10.1 Å². The van der Waals surface area contributed by atoms with Crippen LogP contribution in [0.25, 0.3) is 0 Å². The first-order valence-electron chi connectivity index (χ1n) is 5.85. The monoisotopic (exact) mass is 253 g/mol. The summed E-state index contributed by atoms with van der Waals surface area (Å²) in [6.07, 6.45) is 0.678. The molecule has 0 aromatic heterocycles. The predicted octanol–water partition coefficient (Wildman–Crippen LogP) is 0.897. The number of para-hydroxylation sites is 1. The standard InChI is InChI=1S/C12H15NO3S/c14-17(15)7-3-6-13-12-9-4-1-2-5-10(9)16-8-11(12)17/h1-2,4-5,11-13H,3,6-8H2. The number of nitrogens with one attached hydrogen (secondary N) is 1. The average molecular weight is 253 g/mol. The molecule has 1 aromatic rings. The molecule has 2 unspecified atom stereocenters. The van der Waals surface area contributed by atoms with Gasteiger partial charge in [-0.2, -0.15) is 0 Å². The second kappa shape index (κ2) is 3.99. The van der Waals surface area contributed by atoms with E-state index in [-0.39, 0.29) is 18.4 Å². The number of benzene rings is 1. The summed E-state index contributed by atoms with van der Waals surface area (Å²) >= 11 is 0. The van der Waals surface area contributed by atoms with Crippen LogP contribution in [0.2, 0.25) is 0 Å². The van der Waals surface area contributed by atoms with Crippen molar-refractivity contribution in [1.29, 1.82) is 0 Å². The van der Waals surface area contributed by atoms with E-state index in [1.54, 1.807) is 0 Å². The molecule has 0 amide bonds. The Balaban J connectivity index is 2.07. The van der Waals surface area contributed by atoms with Gasteiger partial charge in [-0.15, -0.1) is 0 Å². The maximum absolute atomic E-state index is 12.1. The summed E-state index contributed by atoms with van der Waals surface area (Å²) < 4.78 is 29.8. The molecule has 3 rings (SSSR count). The Bertz CT molecular complexity index is 526. The molecule has 0 saturated carbocycles. The number of hydrogen-bond acceptors (Lipinski definition) is 4. The minimum Gasteiger partial charge on any atom is -0.492 e. The Morgan fingerprint density at radius 2 is 2.12 bits per heavy atom. The third-order valence-corrected chi connectivity index (χ3v) is 5.65. The topological polar surface area (TPSA) is 55.4 Å². The lowest BCUT2D eigenvalue weighted by Crippen LogP contribution is -2.42. The highest BCUT2D eigenvalue weighted by Gasteiger charge is 2.40. The number of hydrogen-bond donors (Lipinski definition) is 1. The number of ether oxygens (including phenoxy) is 1. The number of sulfone groups is 1. The van der Waals surface area contributed by atoms with Crippen molar-refractivity contribution < 1.29 is 13.2 Å². The van der Waals surface area contributed by atoms with E-state index in [1.807, 2.05) is 24.3 Å². The zero-order chi connectivity index (χ0) is 11.9. The van der Waals surface area contributed by atoms with Crippen LogP contribution in [-0.2, 0) is 9.84 Å². The Morgan fingerprint density at radius 3 is 3.00 bits per heavy atom. The van der Waals surface area contributed by atoms with E-state index in [2.05, 4.69) is 5.32 Å². The maximum Gasteiger partial charge on any atom is 0.158 e. The number of rotatable bonds is 0. The highest BCUT2D eigenvalue weighted by Crippen LogP contribution is 2.36. The third-order valence-electron chi connectivity index (χ3n) is 3.46. The first kappa shape index (κ1) is 11.0.